The number of aromatic nitrogens is 2. The molecule has 3 rings (SSSR count). The first-order valence-electron chi connectivity index (χ1n) is 6.19. The Kier molecular flexibility index (Phi) is 3.06. The molecule has 0 aliphatic rings. The van der Waals surface area contributed by atoms with E-state index in [1.807, 2.05) is 13.8 Å². The van der Waals surface area contributed by atoms with Crippen molar-refractivity contribution in [1.82, 2.24) is 10.1 Å². The maximum atomic E-state index is 9.52. The average molecular weight is 303 g/mol. The second-order valence-corrected chi connectivity index (χ2v) is 5.91. The van der Waals surface area contributed by atoms with Crippen LogP contribution in [0.15, 0.2) is 22.7 Å². The van der Waals surface area contributed by atoms with E-state index in [0.29, 0.717) is 22.3 Å². The number of nitrogens with zero attached hydrogens (tertiary/aromatic N) is 2. The number of rotatable bonds is 2. The van der Waals surface area contributed by atoms with Crippen LogP contribution in [0.4, 0.5) is 5.00 Å². The molecule has 0 spiro atoms. The molecule has 0 aliphatic carbocycles. The number of anilines is 1. The summed E-state index contributed by atoms with van der Waals surface area (Å²) in [5.74, 6) is 0.233. The van der Waals surface area contributed by atoms with Gasteiger partial charge in [-0.2, -0.15) is 4.98 Å². The van der Waals surface area contributed by atoms with Crippen molar-refractivity contribution in [2.75, 3.05) is 5.73 Å². The van der Waals surface area contributed by atoms with E-state index in [1.54, 1.807) is 6.07 Å². The number of hydrogen-bond donors (Lipinski definition) is 3. The van der Waals surface area contributed by atoms with Crippen LogP contribution in [-0.4, -0.2) is 20.4 Å². The van der Waals surface area contributed by atoms with Crippen molar-refractivity contribution in [3.63, 3.8) is 0 Å². The first-order chi connectivity index (χ1) is 9.97. The molecule has 0 unspecified atom stereocenters. The molecule has 4 N–H and O–H groups in total. The van der Waals surface area contributed by atoms with Gasteiger partial charge >= 0.3 is 0 Å². The topological polar surface area (TPSA) is 105 Å². The lowest BCUT2D eigenvalue weighted by Crippen LogP contribution is -1.87. The van der Waals surface area contributed by atoms with Gasteiger partial charge in [0, 0.05) is 10.4 Å². The lowest BCUT2D eigenvalue weighted by molar-refractivity contribution is 0.404. The molecule has 0 radical (unpaired) electrons. The Labute approximate surface area is 124 Å². The van der Waals surface area contributed by atoms with Crippen LogP contribution in [-0.2, 0) is 0 Å². The van der Waals surface area contributed by atoms with Crippen LogP contribution in [0.3, 0.4) is 0 Å². The molecular formula is C14H13N3O3S. The van der Waals surface area contributed by atoms with E-state index >= 15 is 0 Å². The summed E-state index contributed by atoms with van der Waals surface area (Å²) in [5, 5.41) is 23.4. The molecule has 1 aromatic carbocycles. The number of nitrogens with two attached hydrogens (primary N) is 1. The maximum absolute atomic E-state index is 9.52. The van der Waals surface area contributed by atoms with Gasteiger partial charge in [-0.05, 0) is 37.6 Å². The molecule has 2 aromatic heterocycles. The molecule has 108 valence electrons. The van der Waals surface area contributed by atoms with Crippen LogP contribution < -0.4 is 5.73 Å². The third-order valence-electron chi connectivity index (χ3n) is 3.29. The molecule has 0 fully saturated rings. The van der Waals surface area contributed by atoms with Crippen LogP contribution in [0.5, 0.6) is 11.5 Å². The number of aromatic hydroxyl groups is 2. The molecule has 6 nitrogen and oxygen atoms in total. The summed E-state index contributed by atoms with van der Waals surface area (Å²) in [7, 11) is 0. The van der Waals surface area contributed by atoms with Crippen molar-refractivity contribution in [3.8, 4) is 34.3 Å². The minimum absolute atomic E-state index is 0.198. The smallest absolute Gasteiger partial charge is 0.261 e. The maximum Gasteiger partial charge on any atom is 0.261 e. The SMILES string of the molecule is Cc1sc(N)c(-c2nc(-c3ccc(O)c(O)c3)no2)c1C. The zero-order chi connectivity index (χ0) is 15.1. The quantitative estimate of drug-likeness (QED) is 0.628. The first-order valence-corrected chi connectivity index (χ1v) is 7.01. The largest absolute Gasteiger partial charge is 0.504 e. The molecule has 21 heavy (non-hydrogen) atoms. The van der Waals surface area contributed by atoms with E-state index in [2.05, 4.69) is 10.1 Å². The highest BCUT2D eigenvalue weighted by atomic mass is 32.1. The van der Waals surface area contributed by atoms with Gasteiger partial charge in [-0.25, -0.2) is 0 Å². The number of benzene rings is 1. The van der Waals surface area contributed by atoms with Crippen molar-refractivity contribution >= 4 is 16.3 Å². The predicted molar refractivity (Wildman–Crippen MR) is 80.3 cm³/mol. The molecule has 7 heteroatoms. The zero-order valence-corrected chi connectivity index (χ0v) is 12.2. The van der Waals surface area contributed by atoms with Gasteiger partial charge in [-0.1, -0.05) is 5.16 Å². The van der Waals surface area contributed by atoms with Gasteiger partial charge in [0.1, 0.15) is 0 Å². The molecule has 0 atom stereocenters. The van der Waals surface area contributed by atoms with E-state index in [9.17, 15) is 10.2 Å². The van der Waals surface area contributed by atoms with Crippen LogP contribution in [0.25, 0.3) is 22.8 Å². The molecule has 0 amide bonds. The highest BCUT2D eigenvalue weighted by Gasteiger charge is 2.19. The Morgan fingerprint density at radius 2 is 1.95 bits per heavy atom. The molecular weight excluding hydrogens is 290 g/mol. The third-order valence-corrected chi connectivity index (χ3v) is 4.32. The van der Waals surface area contributed by atoms with Crippen molar-refractivity contribution in [2.24, 2.45) is 0 Å². The second-order valence-electron chi connectivity index (χ2n) is 4.65. The van der Waals surface area contributed by atoms with Gasteiger partial charge < -0.3 is 20.5 Å². The van der Waals surface area contributed by atoms with Crippen molar-refractivity contribution in [3.05, 3.63) is 28.6 Å². The number of phenolic OH excluding ortho intramolecular Hbond substituents is 2. The van der Waals surface area contributed by atoms with Gasteiger partial charge in [-0.15, -0.1) is 11.3 Å². The van der Waals surface area contributed by atoms with E-state index in [-0.39, 0.29) is 11.5 Å². The second kappa shape index (κ2) is 4.78. The van der Waals surface area contributed by atoms with E-state index in [4.69, 9.17) is 10.3 Å². The summed E-state index contributed by atoms with van der Waals surface area (Å²) in [6.45, 7) is 3.93. The number of aryl methyl sites for hydroxylation is 1. The lowest BCUT2D eigenvalue weighted by Gasteiger charge is -1.98. The van der Waals surface area contributed by atoms with Crippen LogP contribution >= 0.6 is 11.3 Å². The molecule has 2 heterocycles. The zero-order valence-electron chi connectivity index (χ0n) is 11.4. The number of phenols is 2. The number of nitrogen functional groups attached to an aromatic ring is 1. The average Bonchev–Trinajstić information content (AvgIpc) is 2.99. The van der Waals surface area contributed by atoms with Gasteiger partial charge in [0.05, 0.1) is 10.6 Å². The summed E-state index contributed by atoms with van der Waals surface area (Å²) in [6, 6.07) is 4.34. The molecule has 0 saturated heterocycles. The van der Waals surface area contributed by atoms with Crippen molar-refractivity contribution in [2.45, 2.75) is 13.8 Å². The number of thiophene rings is 1. The summed E-state index contributed by atoms with van der Waals surface area (Å²) in [4.78, 5) is 5.41. The normalized spacial score (nSPS) is 11.0. The fourth-order valence-electron chi connectivity index (χ4n) is 2.02. The fourth-order valence-corrected chi connectivity index (χ4v) is 2.95. The molecule has 0 bridgehead atoms. The Morgan fingerprint density at radius 3 is 2.57 bits per heavy atom. The summed E-state index contributed by atoms with van der Waals surface area (Å²) >= 11 is 1.48. The van der Waals surface area contributed by atoms with Gasteiger partial charge in [-0.3, -0.25) is 0 Å². The van der Waals surface area contributed by atoms with Crippen LogP contribution in [0, 0.1) is 13.8 Å². The van der Waals surface area contributed by atoms with Crippen molar-refractivity contribution in [1.29, 1.82) is 0 Å². The van der Waals surface area contributed by atoms with Gasteiger partial charge in [0.25, 0.3) is 5.89 Å². The highest BCUT2D eigenvalue weighted by Crippen LogP contribution is 2.38. The molecule has 0 aliphatic heterocycles. The van der Waals surface area contributed by atoms with E-state index < -0.39 is 0 Å². The van der Waals surface area contributed by atoms with E-state index in [0.717, 1.165) is 16.0 Å². The van der Waals surface area contributed by atoms with E-state index in [1.165, 1.54) is 23.5 Å². The lowest BCUT2D eigenvalue weighted by atomic mass is 10.1. The first kappa shape index (κ1) is 13.4. The minimum Gasteiger partial charge on any atom is -0.504 e. The Bertz CT molecular complexity index is 823. The van der Waals surface area contributed by atoms with Crippen LogP contribution in [0.2, 0.25) is 0 Å². The molecule has 0 saturated carbocycles. The third kappa shape index (κ3) is 2.21. The molecule has 3 aromatic rings. The van der Waals surface area contributed by atoms with Gasteiger partial charge in [0.15, 0.2) is 11.5 Å². The fraction of sp³-hybridized carbons (Fsp3) is 0.143. The Hall–Kier alpha value is -2.54. The van der Waals surface area contributed by atoms with Crippen LogP contribution in [0.1, 0.15) is 10.4 Å². The Balaban J connectivity index is 2.05. The summed E-state index contributed by atoms with van der Waals surface area (Å²) in [6.07, 6.45) is 0. The van der Waals surface area contributed by atoms with Crippen molar-refractivity contribution < 1.29 is 14.7 Å². The minimum atomic E-state index is -0.235. The number of hydrogen-bond acceptors (Lipinski definition) is 7. The summed E-state index contributed by atoms with van der Waals surface area (Å²) < 4.78 is 5.27. The van der Waals surface area contributed by atoms with Gasteiger partial charge in [0.2, 0.25) is 5.82 Å². The highest BCUT2D eigenvalue weighted by molar-refractivity contribution is 7.16. The standard InChI is InChI=1S/C14H13N3O3S/c1-6-7(2)21-12(15)11(6)14-16-13(17-20-14)8-3-4-9(18)10(19)5-8/h3-5,18-19H,15H2,1-2H3. The Morgan fingerprint density at radius 1 is 1.19 bits per heavy atom. The predicted octanol–water partition coefficient (Wildman–Crippen LogP) is 3.08. The monoisotopic (exact) mass is 303 g/mol. The summed E-state index contributed by atoms with van der Waals surface area (Å²) in [5.41, 5.74) is 8.29.